The van der Waals surface area contributed by atoms with Crippen LogP contribution >= 0.6 is 0 Å². The van der Waals surface area contributed by atoms with Gasteiger partial charge < -0.3 is 19.2 Å². The first-order chi connectivity index (χ1) is 11.5. The number of ether oxygens (including phenoxy) is 1. The van der Waals surface area contributed by atoms with Crippen LogP contribution in [0.1, 0.15) is 30.3 Å². The second-order valence-corrected chi connectivity index (χ2v) is 6.23. The van der Waals surface area contributed by atoms with Crippen LogP contribution in [0.2, 0.25) is 0 Å². The molecule has 1 saturated heterocycles. The smallest absolute Gasteiger partial charge is 0.311 e. The van der Waals surface area contributed by atoms with Crippen molar-refractivity contribution in [2.45, 2.75) is 19.8 Å². The molecule has 3 rings (SSSR count). The van der Waals surface area contributed by atoms with Gasteiger partial charge in [-0.2, -0.15) is 0 Å². The highest BCUT2D eigenvalue weighted by Gasteiger charge is 2.40. The fourth-order valence-electron chi connectivity index (χ4n) is 2.84. The Morgan fingerprint density at radius 1 is 1.21 bits per heavy atom. The van der Waals surface area contributed by atoms with Crippen molar-refractivity contribution in [2.75, 3.05) is 13.1 Å². The van der Waals surface area contributed by atoms with Crippen molar-refractivity contribution in [3.05, 3.63) is 48.2 Å². The van der Waals surface area contributed by atoms with Gasteiger partial charge in [-0.3, -0.25) is 9.59 Å². The maximum Gasteiger partial charge on any atom is 0.311 e. The number of nitrogens with zero attached hydrogens (tertiary/aromatic N) is 1. The van der Waals surface area contributed by atoms with Gasteiger partial charge in [0.05, 0.1) is 5.41 Å². The minimum Gasteiger partial charge on any atom is -0.481 e. The lowest BCUT2D eigenvalue weighted by molar-refractivity contribution is -0.150. The van der Waals surface area contributed by atoms with Crippen LogP contribution < -0.4 is 4.74 Å². The van der Waals surface area contributed by atoms with Gasteiger partial charge in [0.2, 0.25) is 0 Å². The second-order valence-electron chi connectivity index (χ2n) is 6.23. The molecule has 1 aliphatic heterocycles. The van der Waals surface area contributed by atoms with E-state index in [0.717, 1.165) is 0 Å². The number of piperidine rings is 1. The molecule has 1 atom stereocenters. The summed E-state index contributed by atoms with van der Waals surface area (Å²) in [6.45, 7) is 2.37. The molecule has 6 nitrogen and oxygen atoms in total. The van der Waals surface area contributed by atoms with Gasteiger partial charge in [0, 0.05) is 19.2 Å². The molecule has 1 N–H and O–H groups in total. The molecule has 24 heavy (non-hydrogen) atoms. The molecule has 2 aromatic rings. The van der Waals surface area contributed by atoms with E-state index in [1.54, 1.807) is 31.2 Å². The van der Waals surface area contributed by atoms with E-state index >= 15 is 0 Å². The number of likely N-dealkylation sites (tertiary alicyclic amines) is 1. The quantitative estimate of drug-likeness (QED) is 0.930. The number of aliphatic carboxylic acids is 1. The molecule has 1 aliphatic rings. The Morgan fingerprint density at radius 2 is 1.96 bits per heavy atom. The minimum atomic E-state index is -0.913. The van der Waals surface area contributed by atoms with E-state index in [0.29, 0.717) is 25.1 Å². The summed E-state index contributed by atoms with van der Waals surface area (Å²) < 4.78 is 11.0. The van der Waals surface area contributed by atoms with Gasteiger partial charge in [0.15, 0.2) is 5.76 Å². The highest BCUT2D eigenvalue weighted by Crippen LogP contribution is 2.31. The van der Waals surface area contributed by atoms with Crippen LogP contribution in [-0.2, 0) is 4.79 Å². The molecule has 0 spiro atoms. The van der Waals surface area contributed by atoms with Crippen LogP contribution in [0.25, 0.3) is 0 Å². The van der Waals surface area contributed by atoms with Crippen molar-refractivity contribution in [1.29, 1.82) is 0 Å². The van der Waals surface area contributed by atoms with E-state index in [1.807, 2.05) is 18.2 Å². The average molecular weight is 329 g/mol. The number of carboxylic acids is 1. The summed E-state index contributed by atoms with van der Waals surface area (Å²) in [4.78, 5) is 25.5. The van der Waals surface area contributed by atoms with Crippen molar-refractivity contribution >= 4 is 11.9 Å². The summed E-state index contributed by atoms with van der Waals surface area (Å²) in [5, 5.41) is 9.35. The van der Waals surface area contributed by atoms with Crippen molar-refractivity contribution in [3.8, 4) is 11.7 Å². The summed E-state index contributed by atoms with van der Waals surface area (Å²) in [5.41, 5.74) is -0.913. The Hall–Kier alpha value is -2.76. The first-order valence-electron chi connectivity index (χ1n) is 7.83. The molecule has 126 valence electrons. The molecule has 0 radical (unpaired) electrons. The molecular formula is C18H19NO5. The van der Waals surface area contributed by atoms with Crippen molar-refractivity contribution < 1.29 is 23.8 Å². The van der Waals surface area contributed by atoms with Gasteiger partial charge in [-0.25, -0.2) is 0 Å². The topological polar surface area (TPSA) is 80.0 Å². The summed E-state index contributed by atoms with van der Waals surface area (Å²) in [6, 6.07) is 12.3. The van der Waals surface area contributed by atoms with Crippen LogP contribution in [0.15, 0.2) is 46.9 Å². The molecule has 0 aliphatic carbocycles. The fourth-order valence-corrected chi connectivity index (χ4v) is 2.84. The number of carbonyl (C=O) groups excluding carboxylic acids is 1. The van der Waals surface area contributed by atoms with E-state index in [1.165, 1.54) is 4.90 Å². The maximum atomic E-state index is 12.6. The highest BCUT2D eigenvalue weighted by atomic mass is 16.6. The Labute approximate surface area is 139 Å². The van der Waals surface area contributed by atoms with Gasteiger partial charge in [0.1, 0.15) is 5.75 Å². The number of hydrogen-bond donors (Lipinski definition) is 1. The first-order valence-corrected chi connectivity index (χ1v) is 7.83. The van der Waals surface area contributed by atoms with E-state index < -0.39 is 11.4 Å². The lowest BCUT2D eigenvalue weighted by atomic mass is 9.82. The Bertz CT molecular complexity index is 739. The minimum absolute atomic E-state index is 0.149. The van der Waals surface area contributed by atoms with Crippen LogP contribution in [-0.4, -0.2) is 35.0 Å². The van der Waals surface area contributed by atoms with Crippen LogP contribution in [0.5, 0.6) is 11.7 Å². The molecule has 1 unspecified atom stereocenters. The third kappa shape index (κ3) is 3.27. The molecule has 1 amide bonds. The molecule has 1 aromatic carbocycles. The molecule has 0 bridgehead atoms. The van der Waals surface area contributed by atoms with Crippen LogP contribution in [0.3, 0.4) is 0 Å². The average Bonchev–Trinajstić information content (AvgIpc) is 3.03. The maximum absolute atomic E-state index is 12.6. The molecule has 6 heteroatoms. The first kappa shape index (κ1) is 16.1. The van der Waals surface area contributed by atoms with E-state index in [4.69, 9.17) is 9.15 Å². The molecular weight excluding hydrogens is 310 g/mol. The number of para-hydroxylation sites is 1. The highest BCUT2D eigenvalue weighted by molar-refractivity contribution is 5.92. The molecule has 1 aromatic heterocycles. The zero-order valence-corrected chi connectivity index (χ0v) is 13.4. The Morgan fingerprint density at radius 3 is 2.67 bits per heavy atom. The van der Waals surface area contributed by atoms with E-state index in [-0.39, 0.29) is 24.2 Å². The van der Waals surface area contributed by atoms with Crippen LogP contribution in [0, 0.1) is 5.41 Å². The lowest BCUT2D eigenvalue weighted by Gasteiger charge is -2.37. The number of amides is 1. The van der Waals surface area contributed by atoms with Crippen molar-refractivity contribution in [1.82, 2.24) is 4.90 Å². The molecule has 2 heterocycles. The summed E-state index contributed by atoms with van der Waals surface area (Å²) in [6.07, 6.45) is 1.22. The van der Waals surface area contributed by atoms with Gasteiger partial charge in [0.25, 0.3) is 11.9 Å². The number of carbonyl (C=O) groups is 2. The Kier molecular flexibility index (Phi) is 4.29. The molecule has 1 fully saturated rings. The predicted octanol–water partition coefficient (Wildman–Crippen LogP) is 3.40. The zero-order valence-electron chi connectivity index (χ0n) is 13.4. The summed E-state index contributed by atoms with van der Waals surface area (Å²) >= 11 is 0. The van der Waals surface area contributed by atoms with Gasteiger partial charge in [-0.15, -0.1) is 0 Å². The normalized spacial score (nSPS) is 20.6. The van der Waals surface area contributed by atoms with Crippen molar-refractivity contribution in [2.24, 2.45) is 5.41 Å². The summed E-state index contributed by atoms with van der Waals surface area (Å²) in [5.74, 6) is -0.210. The second kappa shape index (κ2) is 6.39. The van der Waals surface area contributed by atoms with E-state index in [9.17, 15) is 14.7 Å². The standard InChI is InChI=1S/C18H19NO5/c1-18(17(21)22)10-5-11-19(12-18)16(20)14-8-9-15(24-14)23-13-6-3-2-4-7-13/h2-4,6-9H,5,10-12H2,1H3,(H,21,22). The largest absolute Gasteiger partial charge is 0.481 e. The third-order valence-electron chi connectivity index (χ3n) is 4.25. The predicted molar refractivity (Wildman–Crippen MR) is 86.1 cm³/mol. The number of benzene rings is 1. The van der Waals surface area contributed by atoms with E-state index in [2.05, 4.69) is 0 Å². The molecule has 0 saturated carbocycles. The fraction of sp³-hybridized carbons (Fsp3) is 0.333. The number of furan rings is 1. The zero-order chi connectivity index (χ0) is 17.2. The monoisotopic (exact) mass is 329 g/mol. The number of rotatable bonds is 4. The summed E-state index contributed by atoms with van der Waals surface area (Å²) in [7, 11) is 0. The van der Waals surface area contributed by atoms with Gasteiger partial charge in [-0.1, -0.05) is 18.2 Å². The SMILES string of the molecule is CC1(C(=O)O)CCCN(C(=O)c2ccc(Oc3ccccc3)o2)C1. The number of carboxylic acid groups (broad SMARTS) is 1. The third-order valence-corrected chi connectivity index (χ3v) is 4.25. The number of hydrogen-bond acceptors (Lipinski definition) is 4. The Balaban J connectivity index is 1.70. The lowest BCUT2D eigenvalue weighted by Crippen LogP contribution is -2.48. The van der Waals surface area contributed by atoms with Gasteiger partial charge >= 0.3 is 5.97 Å². The van der Waals surface area contributed by atoms with Crippen LogP contribution in [0.4, 0.5) is 0 Å². The van der Waals surface area contributed by atoms with Gasteiger partial charge in [-0.05, 0) is 38.0 Å². The van der Waals surface area contributed by atoms with Crippen molar-refractivity contribution in [3.63, 3.8) is 0 Å².